The van der Waals surface area contributed by atoms with Gasteiger partial charge in [-0.2, -0.15) is 0 Å². The second-order valence-electron chi connectivity index (χ2n) is 9.48. The summed E-state index contributed by atoms with van der Waals surface area (Å²) in [6.45, 7) is 9.28. The zero-order valence-electron chi connectivity index (χ0n) is 23.6. The first kappa shape index (κ1) is 29.6. The van der Waals surface area contributed by atoms with Gasteiger partial charge in [0, 0.05) is 61.2 Å². The highest BCUT2D eigenvalue weighted by Gasteiger charge is 2.00. The fourth-order valence-corrected chi connectivity index (χ4v) is 5.91. The van der Waals surface area contributed by atoms with Gasteiger partial charge in [0.15, 0.2) is 12.4 Å². The van der Waals surface area contributed by atoms with E-state index in [1.165, 1.54) is 33.6 Å². The molecule has 0 saturated carbocycles. The van der Waals surface area contributed by atoms with Crippen LogP contribution in [-0.2, 0) is 6.54 Å². The predicted molar refractivity (Wildman–Crippen MR) is 180 cm³/mol. The van der Waals surface area contributed by atoms with E-state index in [2.05, 4.69) is 150 Å². The highest BCUT2D eigenvalue weighted by atomic mass is 33.1. The number of nitrogens with one attached hydrogen (secondary N) is 2. The number of aryl methyl sites for hydroxylation is 1. The van der Waals surface area contributed by atoms with E-state index in [-0.39, 0.29) is 0 Å². The number of benzene rings is 2. The van der Waals surface area contributed by atoms with E-state index in [0.717, 1.165) is 44.2 Å². The van der Waals surface area contributed by atoms with Crippen LogP contribution in [0.2, 0.25) is 0 Å². The number of aromatic nitrogens is 1. The summed E-state index contributed by atoms with van der Waals surface area (Å²) in [6, 6.07) is 21.6. The molecule has 2 aromatic carbocycles. The van der Waals surface area contributed by atoms with Crippen LogP contribution in [0.4, 0.5) is 11.4 Å². The van der Waals surface area contributed by atoms with E-state index in [9.17, 15) is 0 Å². The van der Waals surface area contributed by atoms with Gasteiger partial charge in [0.25, 0.3) is 0 Å². The Morgan fingerprint density at radius 3 is 1.73 bits per heavy atom. The molecule has 0 unspecified atom stereocenters. The molecule has 0 spiro atoms. The normalized spacial score (nSPS) is 13.2. The third kappa shape index (κ3) is 10.3. The van der Waals surface area contributed by atoms with E-state index in [0.29, 0.717) is 0 Å². The molecule has 0 atom stereocenters. The predicted octanol–water partition coefficient (Wildman–Crippen LogP) is 7.86. The van der Waals surface area contributed by atoms with Crippen LogP contribution in [0.1, 0.15) is 30.5 Å². The van der Waals surface area contributed by atoms with Gasteiger partial charge in [-0.3, -0.25) is 0 Å². The molecule has 0 amide bonds. The molecule has 0 bridgehead atoms. The number of nitrogens with zero attached hydrogens (tertiary/aromatic N) is 2. The summed E-state index contributed by atoms with van der Waals surface area (Å²) in [5.74, 6) is 2.14. The van der Waals surface area contributed by atoms with Crippen molar-refractivity contribution in [3.05, 3.63) is 120 Å². The van der Waals surface area contributed by atoms with Gasteiger partial charge in [-0.25, -0.2) is 4.57 Å². The molecular formula is C34H41N4S2+. The maximum absolute atomic E-state index is 3.53. The van der Waals surface area contributed by atoms with Crippen LogP contribution in [0, 0.1) is 0 Å². The molecule has 1 aromatic heterocycles. The van der Waals surface area contributed by atoms with Crippen LogP contribution < -0.4 is 15.2 Å². The van der Waals surface area contributed by atoms with Crippen LogP contribution in [-0.4, -0.2) is 42.6 Å². The number of anilines is 2. The average Bonchev–Trinajstić information content (AvgIpc) is 3.02. The van der Waals surface area contributed by atoms with Crippen LogP contribution in [0.5, 0.6) is 0 Å². The third-order valence-corrected chi connectivity index (χ3v) is 9.01. The average molecular weight is 570 g/mol. The Bertz CT molecular complexity index is 1280. The second kappa shape index (κ2) is 16.7. The molecule has 208 valence electrons. The molecule has 6 heteroatoms. The third-order valence-electron chi connectivity index (χ3n) is 6.60. The van der Waals surface area contributed by atoms with Gasteiger partial charge in [-0.1, -0.05) is 76.2 Å². The minimum Gasteiger partial charge on any atom is -0.384 e. The van der Waals surface area contributed by atoms with Crippen molar-refractivity contribution in [3.63, 3.8) is 0 Å². The Hall–Kier alpha value is -3.35. The summed E-state index contributed by atoms with van der Waals surface area (Å²) in [6.07, 6.45) is 19.5. The van der Waals surface area contributed by atoms with Gasteiger partial charge in [0.1, 0.15) is 6.54 Å². The van der Waals surface area contributed by atoms with Crippen molar-refractivity contribution in [2.24, 2.45) is 0 Å². The van der Waals surface area contributed by atoms with Crippen LogP contribution in [0.3, 0.4) is 0 Å². The number of likely N-dealkylation sites (N-methyl/N-ethyl adjacent to an activating group) is 1. The van der Waals surface area contributed by atoms with Crippen molar-refractivity contribution in [2.75, 3.05) is 48.3 Å². The fourth-order valence-electron chi connectivity index (χ4n) is 4.09. The molecule has 0 saturated heterocycles. The van der Waals surface area contributed by atoms with Crippen molar-refractivity contribution in [2.45, 2.75) is 20.4 Å². The molecule has 4 nitrogen and oxygen atoms in total. The first-order valence-corrected chi connectivity index (χ1v) is 16.6. The zero-order valence-corrected chi connectivity index (χ0v) is 25.3. The van der Waals surface area contributed by atoms with E-state index in [1.807, 2.05) is 21.6 Å². The summed E-state index contributed by atoms with van der Waals surface area (Å²) in [5, 5.41) is 7.05. The van der Waals surface area contributed by atoms with Crippen molar-refractivity contribution in [1.82, 2.24) is 4.90 Å². The van der Waals surface area contributed by atoms with Crippen LogP contribution in [0.15, 0.2) is 103 Å². The van der Waals surface area contributed by atoms with Crippen LogP contribution >= 0.6 is 21.6 Å². The highest BCUT2D eigenvalue weighted by Crippen LogP contribution is 2.21. The lowest BCUT2D eigenvalue weighted by molar-refractivity contribution is -0.693. The first-order valence-electron chi connectivity index (χ1n) is 14.1. The number of hydrogen-bond acceptors (Lipinski definition) is 5. The molecule has 0 fully saturated rings. The topological polar surface area (TPSA) is 31.2 Å². The summed E-state index contributed by atoms with van der Waals surface area (Å²) in [4.78, 5) is 2.29. The summed E-state index contributed by atoms with van der Waals surface area (Å²) < 4.78 is 2.17. The van der Waals surface area contributed by atoms with Gasteiger partial charge in [-0.15, -0.1) is 0 Å². The lowest BCUT2D eigenvalue weighted by Gasteiger charge is -2.19. The molecule has 1 aliphatic rings. The van der Waals surface area contributed by atoms with Gasteiger partial charge >= 0.3 is 0 Å². The van der Waals surface area contributed by atoms with Crippen molar-refractivity contribution in [3.8, 4) is 0 Å². The summed E-state index contributed by atoms with van der Waals surface area (Å²) in [5.41, 5.74) is 7.25. The minimum absolute atomic E-state index is 0.959. The molecule has 3 aromatic rings. The standard InChI is InChI=1S/C34H40N4S2/c1-3-37-23-17-31(18-24-37)7-5-29-9-13-33(14-10-29)35-21-27-39-40-28-22-36-34-15-11-30(12-16-34)6-8-32-19-25-38(4-2)26-20-32/h5-20,23-25,36H,3-4,21-22,26-28H2,1-2H3/p+1/b8-6+. The largest absolute Gasteiger partial charge is 0.384 e. The maximum atomic E-state index is 3.53. The van der Waals surface area contributed by atoms with Gasteiger partial charge < -0.3 is 15.5 Å². The molecule has 40 heavy (non-hydrogen) atoms. The first-order chi connectivity index (χ1) is 19.7. The van der Waals surface area contributed by atoms with Crippen LogP contribution in [0.25, 0.3) is 18.2 Å². The minimum atomic E-state index is 0.959. The Labute approximate surface area is 248 Å². The second-order valence-corrected chi connectivity index (χ2v) is 12.2. The maximum Gasteiger partial charge on any atom is 0.169 e. The Morgan fingerprint density at radius 2 is 1.25 bits per heavy atom. The monoisotopic (exact) mass is 569 g/mol. The van der Waals surface area contributed by atoms with Gasteiger partial charge in [-0.05, 0) is 72.7 Å². The SMILES string of the molecule is CCN1C=CC(/C=C/c2ccc(NCCSSCCNc3ccc(/C=C/c4cc[n+](CC)cc4)cc3)cc2)=CC1. The molecule has 0 aliphatic carbocycles. The fraction of sp³-hybridized carbons (Fsp3) is 0.265. The summed E-state index contributed by atoms with van der Waals surface area (Å²) in [7, 11) is 3.84. The molecular weight excluding hydrogens is 529 g/mol. The highest BCUT2D eigenvalue weighted by molar-refractivity contribution is 8.76. The van der Waals surface area contributed by atoms with E-state index < -0.39 is 0 Å². The Kier molecular flexibility index (Phi) is 12.4. The summed E-state index contributed by atoms with van der Waals surface area (Å²) >= 11 is 0. The van der Waals surface area contributed by atoms with Crippen molar-refractivity contribution < 1.29 is 4.57 Å². The number of allylic oxidation sites excluding steroid dienone is 3. The molecule has 2 heterocycles. The quantitative estimate of drug-likeness (QED) is 0.111. The van der Waals surface area contributed by atoms with Crippen molar-refractivity contribution in [1.29, 1.82) is 0 Å². The smallest absolute Gasteiger partial charge is 0.169 e. The number of pyridine rings is 1. The Balaban J connectivity index is 1.05. The molecule has 4 rings (SSSR count). The molecule has 1 aliphatic heterocycles. The van der Waals surface area contributed by atoms with Crippen molar-refractivity contribution >= 4 is 51.2 Å². The Morgan fingerprint density at radius 1 is 0.725 bits per heavy atom. The molecule has 2 N–H and O–H groups in total. The number of hydrogen-bond donors (Lipinski definition) is 2. The van der Waals surface area contributed by atoms with E-state index in [4.69, 9.17) is 0 Å². The van der Waals surface area contributed by atoms with E-state index in [1.54, 1.807) is 0 Å². The number of rotatable bonds is 15. The lowest BCUT2D eigenvalue weighted by atomic mass is 10.1. The lowest BCUT2D eigenvalue weighted by Crippen LogP contribution is -2.30. The zero-order chi connectivity index (χ0) is 27.8. The van der Waals surface area contributed by atoms with Gasteiger partial charge in [0.2, 0.25) is 0 Å². The molecule has 0 radical (unpaired) electrons. The van der Waals surface area contributed by atoms with E-state index >= 15 is 0 Å². The van der Waals surface area contributed by atoms with Gasteiger partial charge in [0.05, 0.1) is 0 Å².